The van der Waals surface area contributed by atoms with Crippen molar-refractivity contribution in [3.63, 3.8) is 0 Å². The fourth-order valence-electron chi connectivity index (χ4n) is 3.59. The number of methoxy groups -OCH3 is 1. The lowest BCUT2D eigenvalue weighted by Crippen LogP contribution is -2.31. The lowest BCUT2D eigenvalue weighted by atomic mass is 10.2. The molecule has 0 unspecified atom stereocenters. The molecular weight excluding hydrogens is 521 g/mol. The van der Waals surface area contributed by atoms with Crippen LogP contribution in [0.3, 0.4) is 0 Å². The predicted octanol–water partition coefficient (Wildman–Crippen LogP) is 4.08. The quantitative estimate of drug-likeness (QED) is 0.374. The molecule has 4 aromatic rings. The average molecular weight is 546 g/mol. The maximum Gasteiger partial charge on any atom is 0.279 e. The van der Waals surface area contributed by atoms with Gasteiger partial charge in [0.2, 0.25) is 0 Å². The van der Waals surface area contributed by atoms with Gasteiger partial charge in [-0.1, -0.05) is 0 Å². The first kappa shape index (κ1) is 29.0. The Morgan fingerprint density at radius 3 is 1.57 bits per heavy atom. The third-order valence-electron chi connectivity index (χ3n) is 5.53. The number of aromatic nitrogens is 3. The molecule has 4 rings (SSSR count). The molecule has 0 fully saturated rings. The first-order chi connectivity index (χ1) is 16.8. The molecule has 3 aromatic heterocycles. The van der Waals surface area contributed by atoms with E-state index >= 15 is 0 Å². The summed E-state index contributed by atoms with van der Waals surface area (Å²) in [6.45, 7) is 0. The van der Waals surface area contributed by atoms with Crippen LogP contribution in [0, 0.1) is 0 Å². The number of anilines is 2. The number of halogens is 2. The SMILES string of the molecule is COc1ccc(-n2c(C(=O)N(C)c3cccnc3)c(O)c(O)c2C(=O)N(C)c2cccnc2)cc1.Cl.Cl. The van der Waals surface area contributed by atoms with Crippen molar-refractivity contribution in [2.24, 2.45) is 0 Å². The summed E-state index contributed by atoms with van der Waals surface area (Å²) in [6, 6.07) is 13.2. The summed E-state index contributed by atoms with van der Waals surface area (Å²) < 4.78 is 6.44. The van der Waals surface area contributed by atoms with Gasteiger partial charge in [0.15, 0.2) is 22.9 Å². The molecule has 0 spiro atoms. The Balaban J connectivity index is 0.00000241. The molecule has 37 heavy (non-hydrogen) atoms. The molecule has 0 atom stereocenters. The van der Waals surface area contributed by atoms with E-state index in [1.165, 1.54) is 48.0 Å². The first-order valence-electron chi connectivity index (χ1n) is 10.5. The van der Waals surface area contributed by atoms with Crippen LogP contribution < -0.4 is 14.5 Å². The summed E-state index contributed by atoms with van der Waals surface area (Å²) in [5.41, 5.74) is 0.689. The van der Waals surface area contributed by atoms with Gasteiger partial charge < -0.3 is 24.7 Å². The monoisotopic (exact) mass is 545 g/mol. The highest BCUT2D eigenvalue weighted by atomic mass is 35.5. The maximum absolute atomic E-state index is 13.6. The number of carbonyl (C=O) groups excluding carboxylic acids is 2. The Hall–Kier alpha value is -4.28. The van der Waals surface area contributed by atoms with Crippen LogP contribution in [-0.4, -0.2) is 57.8 Å². The first-order valence-corrected chi connectivity index (χ1v) is 10.5. The minimum atomic E-state index is -0.718. The Kier molecular flexibility index (Phi) is 9.48. The van der Waals surface area contributed by atoms with E-state index < -0.39 is 23.3 Å². The van der Waals surface area contributed by atoms with Gasteiger partial charge in [-0.15, -0.1) is 24.8 Å². The highest BCUT2D eigenvalue weighted by Gasteiger charge is 2.35. The van der Waals surface area contributed by atoms with Crippen molar-refractivity contribution >= 4 is 48.0 Å². The summed E-state index contributed by atoms with van der Waals surface area (Å²) in [7, 11) is 4.52. The van der Waals surface area contributed by atoms with Gasteiger partial charge in [-0.3, -0.25) is 24.1 Å². The van der Waals surface area contributed by atoms with Crippen molar-refractivity contribution in [3.05, 3.63) is 84.7 Å². The van der Waals surface area contributed by atoms with Crippen LogP contribution in [0.4, 0.5) is 11.4 Å². The fourth-order valence-corrected chi connectivity index (χ4v) is 3.59. The van der Waals surface area contributed by atoms with Crippen molar-refractivity contribution in [1.82, 2.24) is 14.5 Å². The molecule has 0 radical (unpaired) electrons. The molecule has 12 heteroatoms. The molecule has 0 bridgehead atoms. The van der Waals surface area contributed by atoms with Gasteiger partial charge in [-0.05, 0) is 48.5 Å². The normalized spacial score (nSPS) is 10.0. The van der Waals surface area contributed by atoms with Crippen molar-refractivity contribution in [2.75, 3.05) is 31.0 Å². The standard InChI is InChI=1S/C25H23N5O5.2ClH/c1-28(17-6-4-12-26-14-17)24(33)20-22(31)23(32)21(25(34)29(2)18-7-5-13-27-15-18)30(20)16-8-10-19(35-3)11-9-16;;/h4-15,31-32H,1-3H3;2*1H. The van der Waals surface area contributed by atoms with Crippen molar-refractivity contribution < 1.29 is 24.5 Å². The molecule has 3 heterocycles. The minimum Gasteiger partial charge on any atom is -0.503 e. The third-order valence-corrected chi connectivity index (χ3v) is 5.53. The molecule has 2 N–H and O–H groups in total. The number of nitrogens with zero attached hydrogens (tertiary/aromatic N) is 5. The van der Waals surface area contributed by atoms with Gasteiger partial charge in [-0.2, -0.15) is 0 Å². The van der Waals surface area contributed by atoms with Crippen molar-refractivity contribution in [2.45, 2.75) is 0 Å². The molecule has 0 aliphatic rings. The molecule has 0 saturated heterocycles. The smallest absolute Gasteiger partial charge is 0.279 e. The van der Waals surface area contributed by atoms with Crippen LogP contribution in [-0.2, 0) is 0 Å². The van der Waals surface area contributed by atoms with Crippen LogP contribution in [0.2, 0.25) is 0 Å². The second-order valence-corrected chi connectivity index (χ2v) is 7.58. The molecule has 0 aliphatic heterocycles. The number of ether oxygens (including phenoxy) is 1. The zero-order chi connectivity index (χ0) is 25.1. The Labute approximate surface area is 225 Å². The van der Waals surface area contributed by atoms with E-state index in [0.717, 1.165) is 0 Å². The zero-order valence-corrected chi connectivity index (χ0v) is 21.7. The largest absolute Gasteiger partial charge is 0.503 e. The summed E-state index contributed by atoms with van der Waals surface area (Å²) in [4.78, 5) is 37.7. The van der Waals surface area contributed by atoms with Crippen LogP contribution >= 0.6 is 24.8 Å². The predicted molar refractivity (Wildman–Crippen MR) is 144 cm³/mol. The average Bonchev–Trinajstić information content (AvgIpc) is 3.18. The van der Waals surface area contributed by atoms with E-state index in [4.69, 9.17) is 4.74 Å². The lowest BCUT2D eigenvalue weighted by molar-refractivity contribution is 0.0981. The highest BCUT2D eigenvalue weighted by Crippen LogP contribution is 2.40. The molecule has 0 saturated carbocycles. The number of rotatable bonds is 6. The van der Waals surface area contributed by atoms with Crippen molar-refractivity contribution in [3.8, 4) is 22.9 Å². The molecule has 10 nitrogen and oxygen atoms in total. The minimum absolute atomic E-state index is 0. The van der Waals surface area contributed by atoms with E-state index in [2.05, 4.69) is 9.97 Å². The molecule has 2 amide bonds. The highest BCUT2D eigenvalue weighted by molar-refractivity contribution is 6.13. The topological polar surface area (TPSA) is 121 Å². The number of amides is 2. The van der Waals surface area contributed by atoms with Gasteiger partial charge in [0.25, 0.3) is 11.8 Å². The van der Waals surface area contributed by atoms with Gasteiger partial charge in [0.05, 0.1) is 30.9 Å². The number of pyridine rings is 2. The number of benzene rings is 1. The van der Waals surface area contributed by atoms with Gasteiger partial charge in [0.1, 0.15) is 5.75 Å². The summed E-state index contributed by atoms with van der Waals surface area (Å²) in [5, 5.41) is 21.8. The summed E-state index contributed by atoms with van der Waals surface area (Å²) in [5.74, 6) is -2.21. The van der Waals surface area contributed by atoms with E-state index in [1.807, 2.05) is 0 Å². The zero-order valence-electron chi connectivity index (χ0n) is 20.1. The van der Waals surface area contributed by atoms with Gasteiger partial charge >= 0.3 is 0 Å². The molecule has 0 aliphatic carbocycles. The Bertz CT molecular complexity index is 1290. The van der Waals surface area contributed by atoms with Gasteiger partial charge in [-0.25, -0.2) is 0 Å². The second-order valence-electron chi connectivity index (χ2n) is 7.58. The number of carbonyl (C=O) groups is 2. The molecule has 1 aromatic carbocycles. The maximum atomic E-state index is 13.6. The molecule has 194 valence electrons. The Morgan fingerprint density at radius 2 is 1.22 bits per heavy atom. The van der Waals surface area contributed by atoms with E-state index in [0.29, 0.717) is 22.8 Å². The van der Waals surface area contributed by atoms with Crippen LogP contribution in [0.5, 0.6) is 17.2 Å². The number of hydrogen-bond acceptors (Lipinski definition) is 7. The van der Waals surface area contributed by atoms with Crippen LogP contribution in [0.25, 0.3) is 5.69 Å². The summed E-state index contributed by atoms with van der Waals surface area (Å²) >= 11 is 0. The number of aromatic hydroxyl groups is 2. The Morgan fingerprint density at radius 1 is 0.784 bits per heavy atom. The second kappa shape index (κ2) is 12.1. The van der Waals surface area contributed by atoms with E-state index in [9.17, 15) is 19.8 Å². The van der Waals surface area contributed by atoms with Crippen molar-refractivity contribution in [1.29, 1.82) is 0 Å². The molecular formula is C25H25Cl2N5O5. The lowest BCUT2D eigenvalue weighted by Gasteiger charge is -2.21. The number of hydrogen-bond donors (Lipinski definition) is 2. The van der Waals surface area contributed by atoms with Crippen LogP contribution in [0.15, 0.2) is 73.3 Å². The third kappa shape index (κ3) is 5.45. The van der Waals surface area contributed by atoms with Crippen LogP contribution in [0.1, 0.15) is 21.0 Å². The summed E-state index contributed by atoms with van der Waals surface area (Å²) in [6.07, 6.45) is 6.10. The van der Waals surface area contributed by atoms with E-state index in [1.54, 1.807) is 60.9 Å². The fraction of sp³-hybridized carbons (Fsp3) is 0.120. The van der Waals surface area contributed by atoms with Gasteiger partial charge in [0, 0.05) is 32.2 Å². The van der Waals surface area contributed by atoms with E-state index in [-0.39, 0.29) is 36.2 Å².